The van der Waals surface area contributed by atoms with Crippen molar-refractivity contribution in [1.82, 2.24) is 14.8 Å². The summed E-state index contributed by atoms with van der Waals surface area (Å²) in [5.41, 5.74) is 6.82. The Morgan fingerprint density at radius 1 is 1.56 bits per heavy atom. The molecule has 1 fully saturated rings. The number of H-pyrrole nitrogens is 1. The van der Waals surface area contributed by atoms with E-state index in [1.54, 1.807) is 4.90 Å². The van der Waals surface area contributed by atoms with Crippen LogP contribution in [0.2, 0.25) is 0 Å². The van der Waals surface area contributed by atoms with Crippen LogP contribution >= 0.6 is 0 Å². The molecule has 1 unspecified atom stereocenters. The molecule has 5 nitrogen and oxygen atoms in total. The van der Waals surface area contributed by atoms with Crippen molar-refractivity contribution in [3.8, 4) is 0 Å². The summed E-state index contributed by atoms with van der Waals surface area (Å²) in [4.78, 5) is 19.0. The van der Waals surface area contributed by atoms with E-state index in [1.807, 2.05) is 44.1 Å². The molecule has 0 spiro atoms. The second kappa shape index (κ2) is 4.65. The normalized spacial score (nSPS) is 20.9. The monoisotopic (exact) mass is 250 g/mol. The number of amides is 2. The van der Waals surface area contributed by atoms with Gasteiger partial charge in [0.25, 0.3) is 0 Å². The molecule has 0 radical (unpaired) electrons. The van der Waals surface area contributed by atoms with Crippen molar-refractivity contribution in [1.29, 1.82) is 0 Å². The summed E-state index contributed by atoms with van der Waals surface area (Å²) in [5.74, 6) is 0. The highest BCUT2D eigenvalue weighted by Gasteiger charge is 2.36. The fourth-order valence-corrected chi connectivity index (χ4v) is 2.23. The van der Waals surface area contributed by atoms with Crippen molar-refractivity contribution in [3.05, 3.63) is 24.0 Å². The van der Waals surface area contributed by atoms with Crippen LogP contribution < -0.4 is 5.73 Å². The molecule has 2 heterocycles. The van der Waals surface area contributed by atoms with Gasteiger partial charge in [-0.15, -0.1) is 0 Å². The maximum absolute atomic E-state index is 12.1. The second-order valence-corrected chi connectivity index (χ2v) is 5.72. The Kier molecular flexibility index (Phi) is 3.34. The third kappa shape index (κ3) is 2.67. The number of rotatable bonds is 4. The first-order valence-corrected chi connectivity index (χ1v) is 6.32. The van der Waals surface area contributed by atoms with E-state index in [0.717, 1.165) is 18.7 Å². The highest BCUT2D eigenvalue weighted by Crippen LogP contribution is 2.27. The average Bonchev–Trinajstić information content (AvgIpc) is 2.87. The minimum atomic E-state index is -0.233. The van der Waals surface area contributed by atoms with Crippen molar-refractivity contribution in [2.45, 2.75) is 31.8 Å². The van der Waals surface area contributed by atoms with Gasteiger partial charge in [-0.25, -0.2) is 4.79 Å². The van der Waals surface area contributed by atoms with Crippen LogP contribution in [-0.4, -0.2) is 46.5 Å². The lowest BCUT2D eigenvalue weighted by molar-refractivity contribution is 0.193. The van der Waals surface area contributed by atoms with Crippen LogP contribution in [0.15, 0.2) is 18.3 Å². The fourth-order valence-electron chi connectivity index (χ4n) is 2.23. The average molecular weight is 250 g/mol. The quantitative estimate of drug-likeness (QED) is 0.851. The summed E-state index contributed by atoms with van der Waals surface area (Å²) >= 11 is 0. The van der Waals surface area contributed by atoms with Gasteiger partial charge in [-0.1, -0.05) is 0 Å². The summed E-state index contributed by atoms with van der Waals surface area (Å²) in [6.45, 7) is 5.41. The number of carbonyl (C=O) groups excluding carboxylic acids is 1. The number of likely N-dealkylation sites (N-methyl/N-ethyl adjacent to an activating group) is 1. The van der Waals surface area contributed by atoms with E-state index < -0.39 is 0 Å². The van der Waals surface area contributed by atoms with E-state index in [-0.39, 0.29) is 17.6 Å². The van der Waals surface area contributed by atoms with Crippen molar-refractivity contribution in [3.63, 3.8) is 0 Å². The molecule has 2 rings (SSSR count). The molecular formula is C13H22N4O. The van der Waals surface area contributed by atoms with Gasteiger partial charge in [0.05, 0.1) is 6.04 Å². The number of carbonyl (C=O) groups is 1. The molecule has 0 bridgehead atoms. The molecule has 1 aromatic heterocycles. The van der Waals surface area contributed by atoms with Crippen LogP contribution in [0.4, 0.5) is 4.79 Å². The summed E-state index contributed by atoms with van der Waals surface area (Å²) < 4.78 is 0. The number of nitrogens with one attached hydrogen (secondary N) is 1. The predicted molar refractivity (Wildman–Crippen MR) is 71.1 cm³/mol. The standard InChI is InChI=1S/C13H22N4O/c1-13(2,14)6-8-17-9-11(16(3)12(17)18)10-5-4-7-15-10/h4-5,7,11,15H,6,8-9,14H2,1-3H3. The predicted octanol–water partition coefficient (Wildman–Crippen LogP) is 1.55. The minimum Gasteiger partial charge on any atom is -0.363 e. The van der Waals surface area contributed by atoms with Gasteiger partial charge in [0.2, 0.25) is 0 Å². The fraction of sp³-hybridized carbons (Fsp3) is 0.615. The SMILES string of the molecule is CN1C(=O)N(CCC(C)(C)N)CC1c1ccc[nH]1. The maximum atomic E-state index is 12.1. The molecule has 100 valence electrons. The third-order valence-corrected chi connectivity index (χ3v) is 3.44. The van der Waals surface area contributed by atoms with Crippen LogP contribution in [-0.2, 0) is 0 Å². The molecule has 0 aliphatic carbocycles. The second-order valence-electron chi connectivity index (χ2n) is 5.72. The summed E-state index contributed by atoms with van der Waals surface area (Å²) in [6.07, 6.45) is 2.70. The number of nitrogens with zero attached hydrogens (tertiary/aromatic N) is 2. The Hall–Kier alpha value is -1.49. The molecule has 1 saturated heterocycles. The molecule has 1 aliphatic rings. The van der Waals surface area contributed by atoms with Gasteiger partial charge in [-0.05, 0) is 32.4 Å². The Bertz CT molecular complexity index is 407. The summed E-state index contributed by atoms with van der Waals surface area (Å²) in [7, 11) is 1.85. The lowest BCUT2D eigenvalue weighted by Crippen LogP contribution is -2.38. The number of urea groups is 1. The molecular weight excluding hydrogens is 228 g/mol. The van der Waals surface area contributed by atoms with Crippen molar-refractivity contribution >= 4 is 6.03 Å². The number of aromatic amines is 1. The Morgan fingerprint density at radius 2 is 2.28 bits per heavy atom. The van der Waals surface area contributed by atoms with Crippen LogP contribution in [0, 0.1) is 0 Å². The van der Waals surface area contributed by atoms with Gasteiger partial charge < -0.3 is 20.5 Å². The first-order chi connectivity index (χ1) is 8.38. The molecule has 1 atom stereocenters. The molecule has 0 aromatic carbocycles. The van der Waals surface area contributed by atoms with Crippen LogP contribution in [0.3, 0.4) is 0 Å². The molecule has 1 aliphatic heterocycles. The maximum Gasteiger partial charge on any atom is 0.320 e. The van der Waals surface area contributed by atoms with Crippen LogP contribution in [0.1, 0.15) is 32.0 Å². The zero-order valence-electron chi connectivity index (χ0n) is 11.3. The molecule has 0 saturated carbocycles. The van der Waals surface area contributed by atoms with E-state index in [2.05, 4.69) is 4.98 Å². The van der Waals surface area contributed by atoms with E-state index in [0.29, 0.717) is 6.54 Å². The molecule has 2 amide bonds. The first-order valence-electron chi connectivity index (χ1n) is 6.32. The lowest BCUT2D eigenvalue weighted by atomic mass is 10.0. The first kappa shape index (κ1) is 13.0. The molecule has 5 heteroatoms. The summed E-state index contributed by atoms with van der Waals surface area (Å²) in [5, 5.41) is 0. The number of aromatic nitrogens is 1. The Morgan fingerprint density at radius 3 is 2.83 bits per heavy atom. The van der Waals surface area contributed by atoms with E-state index in [4.69, 9.17) is 5.73 Å². The highest BCUT2D eigenvalue weighted by molar-refractivity contribution is 5.77. The zero-order chi connectivity index (χ0) is 13.3. The Labute approximate surface area is 108 Å². The van der Waals surface area contributed by atoms with Gasteiger partial charge >= 0.3 is 6.03 Å². The van der Waals surface area contributed by atoms with Crippen LogP contribution in [0.5, 0.6) is 0 Å². The molecule has 18 heavy (non-hydrogen) atoms. The van der Waals surface area contributed by atoms with Gasteiger partial charge in [-0.2, -0.15) is 0 Å². The van der Waals surface area contributed by atoms with E-state index >= 15 is 0 Å². The van der Waals surface area contributed by atoms with Gasteiger partial charge in [-0.3, -0.25) is 0 Å². The largest absolute Gasteiger partial charge is 0.363 e. The van der Waals surface area contributed by atoms with Crippen molar-refractivity contribution in [2.75, 3.05) is 20.1 Å². The molecule has 1 aromatic rings. The smallest absolute Gasteiger partial charge is 0.320 e. The third-order valence-electron chi connectivity index (χ3n) is 3.44. The van der Waals surface area contributed by atoms with E-state index in [9.17, 15) is 4.79 Å². The zero-order valence-corrected chi connectivity index (χ0v) is 11.3. The number of hydrogen-bond donors (Lipinski definition) is 2. The number of hydrogen-bond acceptors (Lipinski definition) is 2. The van der Waals surface area contributed by atoms with Gasteiger partial charge in [0.1, 0.15) is 0 Å². The highest BCUT2D eigenvalue weighted by atomic mass is 16.2. The minimum absolute atomic E-state index is 0.0823. The molecule has 3 N–H and O–H groups in total. The topological polar surface area (TPSA) is 65.4 Å². The van der Waals surface area contributed by atoms with Gasteiger partial charge in [0.15, 0.2) is 0 Å². The summed E-state index contributed by atoms with van der Waals surface area (Å²) in [6, 6.07) is 4.18. The van der Waals surface area contributed by atoms with Crippen molar-refractivity contribution in [2.24, 2.45) is 5.73 Å². The lowest BCUT2D eigenvalue weighted by Gasteiger charge is -2.22. The number of nitrogens with two attached hydrogens (primary N) is 1. The Balaban J connectivity index is 2.01. The van der Waals surface area contributed by atoms with Crippen molar-refractivity contribution < 1.29 is 4.79 Å². The van der Waals surface area contributed by atoms with Crippen LogP contribution in [0.25, 0.3) is 0 Å². The van der Waals surface area contributed by atoms with E-state index in [1.165, 1.54) is 0 Å². The van der Waals surface area contributed by atoms with Gasteiger partial charge in [0, 0.05) is 37.6 Å².